The van der Waals surface area contributed by atoms with Gasteiger partial charge in [-0.15, -0.1) is 0 Å². The van der Waals surface area contributed by atoms with Gasteiger partial charge >= 0.3 is 0 Å². The Morgan fingerprint density at radius 3 is 2.56 bits per heavy atom. The van der Waals surface area contributed by atoms with Crippen molar-refractivity contribution in [3.05, 3.63) is 63.6 Å². The second kappa shape index (κ2) is 6.03. The van der Waals surface area contributed by atoms with Crippen LogP contribution >= 0.6 is 27.5 Å². The van der Waals surface area contributed by atoms with Crippen LogP contribution in [0.15, 0.2) is 53.0 Å². The van der Waals surface area contributed by atoms with Crippen molar-refractivity contribution in [2.45, 2.75) is 0 Å². The lowest BCUT2D eigenvalue weighted by Crippen LogP contribution is -2.13. The number of halogens is 2. The lowest BCUT2D eigenvalue weighted by atomic mass is 10.1. The molecule has 2 aromatic rings. The fraction of sp³-hybridized carbons (Fsp3) is 0.0714. The first kappa shape index (κ1) is 13.1. The number of benzene rings is 2. The smallest absolute Gasteiger partial charge is 0.181 e. The minimum absolute atomic E-state index is 0.0339. The zero-order valence-electron chi connectivity index (χ0n) is 9.49. The molecule has 0 heterocycles. The Morgan fingerprint density at radius 2 is 1.89 bits per heavy atom. The highest BCUT2D eigenvalue weighted by Gasteiger charge is 2.05. The van der Waals surface area contributed by atoms with E-state index >= 15 is 0 Å². The molecule has 18 heavy (non-hydrogen) atoms. The van der Waals surface area contributed by atoms with Crippen molar-refractivity contribution in [1.29, 1.82) is 0 Å². The fourth-order valence-electron chi connectivity index (χ4n) is 1.52. The van der Waals surface area contributed by atoms with Gasteiger partial charge in [-0.3, -0.25) is 4.79 Å². The third kappa shape index (κ3) is 3.59. The first-order valence-electron chi connectivity index (χ1n) is 5.43. The summed E-state index contributed by atoms with van der Waals surface area (Å²) in [6.45, 7) is 0.262. The molecule has 0 spiro atoms. The molecule has 2 nitrogen and oxygen atoms in total. The second-order valence-electron chi connectivity index (χ2n) is 3.79. The maximum Gasteiger partial charge on any atom is 0.181 e. The summed E-state index contributed by atoms with van der Waals surface area (Å²) in [7, 11) is 0. The minimum Gasteiger partial charge on any atom is -0.378 e. The molecule has 0 atom stereocenters. The first-order valence-corrected chi connectivity index (χ1v) is 6.60. The molecule has 0 radical (unpaired) electrons. The molecule has 2 aromatic carbocycles. The van der Waals surface area contributed by atoms with Crippen molar-refractivity contribution in [2.24, 2.45) is 0 Å². The van der Waals surface area contributed by atoms with E-state index in [1.54, 1.807) is 24.3 Å². The predicted molar refractivity (Wildman–Crippen MR) is 78.4 cm³/mol. The highest BCUT2D eigenvalue weighted by molar-refractivity contribution is 9.10. The van der Waals surface area contributed by atoms with E-state index in [2.05, 4.69) is 21.2 Å². The summed E-state index contributed by atoms with van der Waals surface area (Å²) in [6.07, 6.45) is 0. The Balaban J connectivity index is 1.98. The Kier molecular flexibility index (Phi) is 4.39. The number of carbonyl (C=O) groups excluding carboxylic acids is 1. The Labute approximate surface area is 119 Å². The number of hydrogen-bond donors (Lipinski definition) is 1. The van der Waals surface area contributed by atoms with E-state index in [1.165, 1.54) is 0 Å². The summed E-state index contributed by atoms with van der Waals surface area (Å²) >= 11 is 9.16. The van der Waals surface area contributed by atoms with Crippen LogP contribution in [0.4, 0.5) is 5.69 Å². The van der Waals surface area contributed by atoms with Crippen molar-refractivity contribution in [3.63, 3.8) is 0 Å². The predicted octanol–water partition coefficient (Wildman–Crippen LogP) is 4.40. The number of ketones is 1. The third-order valence-corrected chi connectivity index (χ3v) is 3.19. The number of nitrogens with one attached hydrogen (secondary N) is 1. The summed E-state index contributed by atoms with van der Waals surface area (Å²) in [5.74, 6) is 0.0339. The molecule has 2 rings (SSSR count). The first-order chi connectivity index (χ1) is 8.65. The summed E-state index contributed by atoms with van der Waals surface area (Å²) in [5.41, 5.74) is 1.56. The van der Waals surface area contributed by atoms with Crippen molar-refractivity contribution in [2.75, 3.05) is 11.9 Å². The maximum atomic E-state index is 11.9. The standard InChI is InChI=1S/C14H11BrClNO/c15-11-2-1-3-13(8-11)17-9-14(18)10-4-6-12(16)7-5-10/h1-8,17H,9H2. The molecular weight excluding hydrogens is 314 g/mol. The van der Waals surface area contributed by atoms with Crippen LogP contribution in [0, 0.1) is 0 Å². The average Bonchev–Trinajstić information content (AvgIpc) is 2.37. The van der Waals surface area contributed by atoms with Gasteiger partial charge in [0.2, 0.25) is 0 Å². The summed E-state index contributed by atoms with van der Waals surface area (Å²) in [5, 5.41) is 3.72. The van der Waals surface area contributed by atoms with Crippen molar-refractivity contribution in [3.8, 4) is 0 Å². The van der Waals surface area contributed by atoms with Crippen LogP contribution in [-0.2, 0) is 0 Å². The van der Waals surface area contributed by atoms with Gasteiger partial charge in [0.25, 0.3) is 0 Å². The minimum atomic E-state index is 0.0339. The van der Waals surface area contributed by atoms with Gasteiger partial charge in [-0.05, 0) is 42.5 Å². The molecule has 1 N–H and O–H groups in total. The number of carbonyl (C=O) groups is 1. The van der Waals surface area contributed by atoms with Crippen LogP contribution in [0.5, 0.6) is 0 Å². The molecule has 0 bridgehead atoms. The van der Waals surface area contributed by atoms with Gasteiger partial charge in [0.1, 0.15) is 0 Å². The highest BCUT2D eigenvalue weighted by Crippen LogP contribution is 2.16. The second-order valence-corrected chi connectivity index (χ2v) is 5.15. The third-order valence-electron chi connectivity index (χ3n) is 2.44. The molecule has 92 valence electrons. The van der Waals surface area contributed by atoms with E-state index in [1.807, 2.05) is 24.3 Å². The molecule has 0 aliphatic rings. The summed E-state index contributed by atoms with van der Waals surface area (Å²) < 4.78 is 0.978. The Bertz CT molecular complexity index is 554. The molecular formula is C14H11BrClNO. The van der Waals surface area contributed by atoms with E-state index in [4.69, 9.17) is 11.6 Å². The van der Waals surface area contributed by atoms with Gasteiger partial charge < -0.3 is 5.32 Å². The molecule has 0 saturated heterocycles. The monoisotopic (exact) mass is 323 g/mol. The van der Waals surface area contributed by atoms with Crippen LogP contribution in [0.3, 0.4) is 0 Å². The number of hydrogen-bond acceptors (Lipinski definition) is 2. The zero-order chi connectivity index (χ0) is 13.0. The zero-order valence-corrected chi connectivity index (χ0v) is 11.8. The fourth-order valence-corrected chi connectivity index (χ4v) is 2.04. The van der Waals surface area contributed by atoms with Crippen LogP contribution in [0.25, 0.3) is 0 Å². The van der Waals surface area contributed by atoms with Crippen LogP contribution in [0.2, 0.25) is 5.02 Å². The van der Waals surface area contributed by atoms with Gasteiger partial charge in [-0.1, -0.05) is 33.6 Å². The lowest BCUT2D eigenvalue weighted by molar-refractivity contribution is 0.101. The normalized spacial score (nSPS) is 10.1. The van der Waals surface area contributed by atoms with Crippen LogP contribution < -0.4 is 5.32 Å². The molecule has 0 amide bonds. The molecule has 4 heteroatoms. The van der Waals surface area contributed by atoms with Gasteiger partial charge in [0.15, 0.2) is 5.78 Å². The number of Topliss-reactive ketones (excluding diaryl/α,β-unsaturated/α-hetero) is 1. The van der Waals surface area contributed by atoms with Crippen molar-refractivity contribution >= 4 is 39.0 Å². The molecule has 0 aliphatic carbocycles. The lowest BCUT2D eigenvalue weighted by Gasteiger charge is -2.06. The number of rotatable bonds is 4. The van der Waals surface area contributed by atoms with Gasteiger partial charge in [-0.25, -0.2) is 0 Å². The quantitative estimate of drug-likeness (QED) is 0.845. The summed E-state index contributed by atoms with van der Waals surface area (Å²) in [6, 6.07) is 14.6. The van der Waals surface area contributed by atoms with Gasteiger partial charge in [0, 0.05) is 20.7 Å². The van der Waals surface area contributed by atoms with E-state index in [0.717, 1.165) is 10.2 Å². The van der Waals surface area contributed by atoms with Crippen molar-refractivity contribution in [1.82, 2.24) is 0 Å². The Morgan fingerprint density at radius 1 is 1.17 bits per heavy atom. The average molecular weight is 325 g/mol. The molecule has 0 unspecified atom stereocenters. The SMILES string of the molecule is O=C(CNc1cccc(Br)c1)c1ccc(Cl)cc1. The molecule has 0 saturated carbocycles. The van der Waals surface area contributed by atoms with Crippen LogP contribution in [0.1, 0.15) is 10.4 Å². The summed E-state index contributed by atoms with van der Waals surface area (Å²) in [4.78, 5) is 11.9. The maximum absolute atomic E-state index is 11.9. The molecule has 0 aromatic heterocycles. The van der Waals surface area contributed by atoms with E-state index < -0.39 is 0 Å². The topological polar surface area (TPSA) is 29.1 Å². The molecule has 0 fully saturated rings. The van der Waals surface area contributed by atoms with Gasteiger partial charge in [0.05, 0.1) is 6.54 Å². The van der Waals surface area contributed by atoms with Crippen molar-refractivity contribution < 1.29 is 4.79 Å². The molecule has 0 aliphatic heterocycles. The van der Waals surface area contributed by atoms with Crippen LogP contribution in [-0.4, -0.2) is 12.3 Å². The van der Waals surface area contributed by atoms with E-state index in [-0.39, 0.29) is 12.3 Å². The van der Waals surface area contributed by atoms with Gasteiger partial charge in [-0.2, -0.15) is 0 Å². The highest BCUT2D eigenvalue weighted by atomic mass is 79.9. The van der Waals surface area contributed by atoms with E-state index in [0.29, 0.717) is 10.6 Å². The Hall–Kier alpha value is -1.32. The van der Waals surface area contributed by atoms with E-state index in [9.17, 15) is 4.79 Å². The largest absolute Gasteiger partial charge is 0.378 e. The number of anilines is 1.